The number of phenolic OH excluding ortho intramolecular Hbond substituents is 2. The van der Waals surface area contributed by atoms with Gasteiger partial charge in [0.2, 0.25) is 0 Å². The van der Waals surface area contributed by atoms with Crippen molar-refractivity contribution in [3.63, 3.8) is 0 Å². The molecule has 6 rings (SSSR count). The van der Waals surface area contributed by atoms with Gasteiger partial charge in [-0.15, -0.1) is 30.0 Å². The highest BCUT2D eigenvalue weighted by atomic mass is 16.3. The Hall–Kier alpha value is -4.72. The minimum Gasteiger partial charge on any atom is -0.506 e. The molecule has 0 aliphatic carbocycles. The number of aromatic hydroxyl groups is 2. The van der Waals surface area contributed by atoms with E-state index in [1.807, 2.05) is 66.7 Å². The van der Waals surface area contributed by atoms with Crippen LogP contribution in [0.25, 0.3) is 33.4 Å². The number of fused-ring (bicyclic) bond motifs is 2. The highest BCUT2D eigenvalue weighted by molar-refractivity contribution is 5.74. The molecular formula is C38H46N6O2. The summed E-state index contributed by atoms with van der Waals surface area (Å²) in [5.41, 5.74) is 7.69. The molecule has 0 saturated carbocycles. The van der Waals surface area contributed by atoms with Crippen LogP contribution < -0.4 is 0 Å². The second-order valence-corrected chi connectivity index (χ2v) is 14.3. The van der Waals surface area contributed by atoms with Gasteiger partial charge in [0, 0.05) is 5.56 Å². The largest absolute Gasteiger partial charge is 0.506 e. The molecule has 0 atom stereocenters. The molecule has 0 bridgehead atoms. The maximum Gasteiger partial charge on any atom is 0.146 e. The van der Waals surface area contributed by atoms with Gasteiger partial charge in [-0.3, -0.25) is 0 Å². The van der Waals surface area contributed by atoms with E-state index < -0.39 is 0 Å². The van der Waals surface area contributed by atoms with Crippen molar-refractivity contribution in [3.8, 4) is 22.9 Å². The topological polar surface area (TPSA) is 102 Å². The minimum absolute atomic E-state index is 0.00754. The van der Waals surface area contributed by atoms with Crippen molar-refractivity contribution >= 4 is 22.1 Å². The van der Waals surface area contributed by atoms with Crippen LogP contribution in [0.2, 0.25) is 0 Å². The summed E-state index contributed by atoms with van der Waals surface area (Å²) in [7, 11) is 0. The molecule has 6 aromatic rings. The van der Waals surface area contributed by atoms with Gasteiger partial charge in [-0.05, 0) is 82.7 Å². The molecule has 0 spiro atoms. The number of aromatic nitrogens is 6. The summed E-state index contributed by atoms with van der Waals surface area (Å²) in [4.78, 5) is 3.07. The van der Waals surface area contributed by atoms with Crippen molar-refractivity contribution < 1.29 is 10.2 Å². The molecule has 0 radical (unpaired) electrons. The second kappa shape index (κ2) is 12.2. The Bertz CT molecular complexity index is 1930. The van der Waals surface area contributed by atoms with Crippen molar-refractivity contribution in [3.05, 3.63) is 95.6 Å². The summed E-state index contributed by atoms with van der Waals surface area (Å²) in [6.45, 7) is 19.6. The monoisotopic (exact) mass is 618 g/mol. The third-order valence-corrected chi connectivity index (χ3v) is 9.21. The van der Waals surface area contributed by atoms with Gasteiger partial charge in [0.15, 0.2) is 0 Å². The highest BCUT2D eigenvalue weighted by Gasteiger charge is 2.29. The Morgan fingerprint density at radius 3 is 1.41 bits per heavy atom. The maximum absolute atomic E-state index is 11.1. The lowest BCUT2D eigenvalue weighted by atomic mass is 9.76. The van der Waals surface area contributed by atoms with Crippen LogP contribution in [0.3, 0.4) is 0 Å². The summed E-state index contributed by atoms with van der Waals surface area (Å²) in [6.07, 6.45) is 1.95. The van der Waals surface area contributed by atoms with Gasteiger partial charge in [-0.25, -0.2) is 0 Å². The van der Waals surface area contributed by atoms with Crippen LogP contribution in [-0.2, 0) is 16.2 Å². The molecule has 2 aromatic heterocycles. The first-order valence-electron chi connectivity index (χ1n) is 16.0. The van der Waals surface area contributed by atoms with Gasteiger partial charge in [-0.2, -0.15) is 0 Å². The molecule has 0 unspecified atom stereocenters. The first kappa shape index (κ1) is 32.7. The molecule has 0 amide bonds. The van der Waals surface area contributed by atoms with Crippen molar-refractivity contribution in [1.29, 1.82) is 0 Å². The van der Waals surface area contributed by atoms with Crippen LogP contribution in [0.5, 0.6) is 11.5 Å². The fourth-order valence-electron chi connectivity index (χ4n) is 5.16. The Morgan fingerprint density at radius 2 is 0.978 bits per heavy atom. The van der Waals surface area contributed by atoms with Gasteiger partial charge >= 0.3 is 0 Å². The van der Waals surface area contributed by atoms with Gasteiger partial charge < -0.3 is 10.2 Å². The summed E-state index contributed by atoms with van der Waals surface area (Å²) >= 11 is 0. The lowest BCUT2D eigenvalue weighted by Gasteiger charge is -2.30. The van der Waals surface area contributed by atoms with E-state index in [1.54, 1.807) is 10.9 Å². The normalized spacial score (nSPS) is 12.4. The molecule has 2 N–H and O–H groups in total. The van der Waals surface area contributed by atoms with Crippen molar-refractivity contribution in [2.75, 3.05) is 0 Å². The lowest BCUT2D eigenvalue weighted by Crippen LogP contribution is -2.21. The van der Waals surface area contributed by atoms with Gasteiger partial charge in [0.1, 0.15) is 44.9 Å². The molecule has 0 fully saturated rings. The van der Waals surface area contributed by atoms with Crippen LogP contribution in [0.4, 0.5) is 0 Å². The molecule has 2 heterocycles. The van der Waals surface area contributed by atoms with Crippen LogP contribution in [0.1, 0.15) is 91.8 Å². The SMILES string of the molecule is CC(C)(C)c1ccc(O)c(-n2nc3ccccc3n2)c1.CCC(C)(C)c1cc(-n2nc3ccccc3n2)c(O)c(C(C)(C)CC)c1. The zero-order valence-electron chi connectivity index (χ0n) is 28.5. The highest BCUT2D eigenvalue weighted by Crippen LogP contribution is 2.41. The fourth-order valence-corrected chi connectivity index (χ4v) is 5.16. The molecule has 8 heteroatoms. The molecule has 240 valence electrons. The Labute approximate surface area is 271 Å². The number of rotatable bonds is 6. The predicted octanol–water partition coefficient (Wildman–Crippen LogP) is 8.92. The summed E-state index contributed by atoms with van der Waals surface area (Å²) in [6, 6.07) is 25.2. The van der Waals surface area contributed by atoms with E-state index in [-0.39, 0.29) is 27.7 Å². The smallest absolute Gasteiger partial charge is 0.146 e. The summed E-state index contributed by atoms with van der Waals surface area (Å²) in [5, 5.41) is 39.2. The average molecular weight is 619 g/mol. The lowest BCUT2D eigenvalue weighted by molar-refractivity contribution is 0.420. The van der Waals surface area contributed by atoms with Crippen LogP contribution >= 0.6 is 0 Å². The van der Waals surface area contributed by atoms with E-state index >= 15 is 0 Å². The zero-order valence-corrected chi connectivity index (χ0v) is 28.5. The third-order valence-electron chi connectivity index (χ3n) is 9.21. The number of nitrogens with zero attached hydrogens (tertiary/aromatic N) is 6. The van der Waals surface area contributed by atoms with Crippen molar-refractivity contribution in [1.82, 2.24) is 30.0 Å². The quantitative estimate of drug-likeness (QED) is 0.193. The van der Waals surface area contributed by atoms with Crippen molar-refractivity contribution in [2.24, 2.45) is 0 Å². The van der Waals surface area contributed by atoms with Crippen molar-refractivity contribution in [2.45, 2.75) is 91.4 Å². The van der Waals surface area contributed by atoms with Crippen LogP contribution in [0.15, 0.2) is 78.9 Å². The van der Waals surface area contributed by atoms with E-state index in [4.69, 9.17) is 0 Å². The predicted molar refractivity (Wildman–Crippen MR) is 186 cm³/mol. The molecule has 0 saturated heterocycles. The van der Waals surface area contributed by atoms with E-state index in [0.29, 0.717) is 11.4 Å². The first-order chi connectivity index (χ1) is 21.6. The first-order valence-corrected chi connectivity index (χ1v) is 16.0. The maximum atomic E-state index is 11.1. The standard InChI is InChI=1S/C22H29N3O.C16H17N3O/c1-7-21(3,4)15-13-16(22(5,6)8-2)20(26)19(14-15)25-23-17-11-9-10-12-18(17)24-25;1-16(2,3)11-8-9-15(20)14(10-11)19-17-12-6-4-5-7-13(12)18-19/h9-14,26H,7-8H2,1-6H3;4-10,20H,1-3H3. The fraction of sp³-hybridized carbons (Fsp3) is 0.368. The molecule has 46 heavy (non-hydrogen) atoms. The molecule has 0 aliphatic rings. The molecule has 0 aliphatic heterocycles. The zero-order chi connectivity index (χ0) is 33.4. The average Bonchev–Trinajstić information content (AvgIpc) is 3.65. The van der Waals surface area contributed by atoms with E-state index in [0.717, 1.165) is 46.0 Å². The Balaban J connectivity index is 0.000000187. The molecular weight excluding hydrogens is 572 g/mol. The molecule has 8 nitrogen and oxygen atoms in total. The van der Waals surface area contributed by atoms with Gasteiger partial charge in [-0.1, -0.05) is 98.7 Å². The van der Waals surface area contributed by atoms with E-state index in [2.05, 4.69) is 88.8 Å². The van der Waals surface area contributed by atoms with Crippen LogP contribution in [-0.4, -0.2) is 40.2 Å². The van der Waals surface area contributed by atoms with E-state index in [1.165, 1.54) is 10.4 Å². The Kier molecular flexibility index (Phi) is 8.69. The number of hydrogen-bond acceptors (Lipinski definition) is 6. The second-order valence-electron chi connectivity index (χ2n) is 14.3. The number of phenols is 2. The Morgan fingerprint density at radius 1 is 0.543 bits per heavy atom. The molecule has 4 aromatic carbocycles. The van der Waals surface area contributed by atoms with Gasteiger partial charge in [0.05, 0.1) is 0 Å². The van der Waals surface area contributed by atoms with Gasteiger partial charge in [0.25, 0.3) is 0 Å². The third kappa shape index (κ3) is 6.48. The summed E-state index contributed by atoms with van der Waals surface area (Å²) in [5.74, 6) is 0.450. The number of benzene rings is 4. The van der Waals surface area contributed by atoms with Crippen LogP contribution in [0, 0.1) is 0 Å². The number of hydrogen-bond donors (Lipinski definition) is 2. The van der Waals surface area contributed by atoms with E-state index in [9.17, 15) is 10.2 Å². The summed E-state index contributed by atoms with van der Waals surface area (Å²) < 4.78 is 0. The minimum atomic E-state index is -0.134.